The fourth-order valence-corrected chi connectivity index (χ4v) is 2.75. The number of carbonyl (C=O) groups excluding carboxylic acids is 1. The molecule has 0 aromatic heterocycles. The summed E-state index contributed by atoms with van der Waals surface area (Å²) in [4.78, 5) is 11.8. The van der Waals surface area contributed by atoms with Gasteiger partial charge in [-0.15, -0.1) is 0 Å². The second-order valence-electron chi connectivity index (χ2n) is 6.33. The van der Waals surface area contributed by atoms with E-state index in [2.05, 4.69) is 29.2 Å². The van der Waals surface area contributed by atoms with Crippen LogP contribution < -0.4 is 15.4 Å². The van der Waals surface area contributed by atoms with Crippen molar-refractivity contribution >= 4 is 15.9 Å². The van der Waals surface area contributed by atoms with Gasteiger partial charge < -0.3 is 10.6 Å². The lowest BCUT2D eigenvalue weighted by atomic mass is 10.1. The van der Waals surface area contributed by atoms with Crippen LogP contribution in [0.5, 0.6) is 0 Å². The molecule has 1 atom stereocenters. The number of sulfonamides is 1. The molecule has 120 valence electrons. The monoisotopic (exact) mass is 307 g/mol. The van der Waals surface area contributed by atoms with Crippen molar-refractivity contribution in [1.82, 2.24) is 15.4 Å². The lowest BCUT2D eigenvalue weighted by Crippen LogP contribution is -2.53. The number of hydrogen-bond acceptors (Lipinski definition) is 4. The Labute approximate surface area is 123 Å². The number of rotatable bonds is 9. The van der Waals surface area contributed by atoms with Crippen molar-refractivity contribution in [2.24, 2.45) is 5.92 Å². The molecule has 0 aromatic carbocycles. The Hall–Kier alpha value is -0.660. The first-order valence-electron chi connectivity index (χ1n) is 6.93. The van der Waals surface area contributed by atoms with E-state index >= 15 is 0 Å². The highest BCUT2D eigenvalue weighted by molar-refractivity contribution is 7.88. The molecule has 0 saturated heterocycles. The van der Waals surface area contributed by atoms with E-state index in [-0.39, 0.29) is 11.9 Å². The molecule has 6 nitrogen and oxygen atoms in total. The Bertz CT molecular complexity index is 405. The van der Waals surface area contributed by atoms with Gasteiger partial charge in [-0.3, -0.25) is 4.79 Å². The summed E-state index contributed by atoms with van der Waals surface area (Å²) in [6.07, 6.45) is 2.07. The van der Waals surface area contributed by atoms with Crippen molar-refractivity contribution in [3.05, 3.63) is 0 Å². The summed E-state index contributed by atoms with van der Waals surface area (Å²) < 4.78 is 25.0. The summed E-state index contributed by atoms with van der Waals surface area (Å²) >= 11 is 0. The Morgan fingerprint density at radius 1 is 1.20 bits per heavy atom. The van der Waals surface area contributed by atoms with Gasteiger partial charge >= 0.3 is 0 Å². The van der Waals surface area contributed by atoms with Crippen molar-refractivity contribution in [3.8, 4) is 0 Å². The van der Waals surface area contributed by atoms with Crippen LogP contribution in [0.4, 0.5) is 0 Å². The predicted molar refractivity (Wildman–Crippen MR) is 82.0 cm³/mol. The summed E-state index contributed by atoms with van der Waals surface area (Å²) in [6.45, 7) is 10.5. The molecule has 0 bridgehead atoms. The first-order valence-corrected chi connectivity index (χ1v) is 8.82. The Morgan fingerprint density at radius 2 is 1.75 bits per heavy atom. The largest absolute Gasteiger partial charge is 0.355 e. The molecular weight excluding hydrogens is 278 g/mol. The smallest absolute Gasteiger partial charge is 0.236 e. The third-order valence-electron chi connectivity index (χ3n) is 2.73. The van der Waals surface area contributed by atoms with Crippen LogP contribution in [0.3, 0.4) is 0 Å². The van der Waals surface area contributed by atoms with Crippen LogP contribution in [0, 0.1) is 5.92 Å². The molecule has 20 heavy (non-hydrogen) atoms. The molecule has 0 heterocycles. The Morgan fingerprint density at radius 3 is 2.20 bits per heavy atom. The minimum atomic E-state index is -3.26. The van der Waals surface area contributed by atoms with Crippen LogP contribution in [0.15, 0.2) is 0 Å². The van der Waals surface area contributed by atoms with Crippen molar-refractivity contribution in [3.63, 3.8) is 0 Å². The second kappa shape index (κ2) is 7.95. The van der Waals surface area contributed by atoms with E-state index in [1.807, 2.05) is 0 Å². The molecular formula is C13H29N3O3S. The van der Waals surface area contributed by atoms with Crippen LogP contribution in [-0.2, 0) is 14.8 Å². The van der Waals surface area contributed by atoms with E-state index in [1.165, 1.54) is 0 Å². The predicted octanol–water partition coefficient (Wildman–Crippen LogP) is 0.455. The average molecular weight is 307 g/mol. The first-order chi connectivity index (χ1) is 8.93. The van der Waals surface area contributed by atoms with Gasteiger partial charge in [-0.1, -0.05) is 13.8 Å². The second-order valence-corrected chi connectivity index (χ2v) is 8.08. The molecule has 0 radical (unpaired) electrons. The fraction of sp³-hybridized carbons (Fsp3) is 0.923. The van der Waals surface area contributed by atoms with E-state index in [1.54, 1.807) is 20.8 Å². The zero-order valence-corrected chi connectivity index (χ0v) is 14.2. The summed E-state index contributed by atoms with van der Waals surface area (Å²) in [5.41, 5.74) is -0.639. The molecule has 0 aliphatic heterocycles. The van der Waals surface area contributed by atoms with Gasteiger partial charge in [0.1, 0.15) is 0 Å². The Balaban J connectivity index is 4.14. The molecule has 1 amide bonds. The molecule has 0 fully saturated rings. The highest BCUT2D eigenvalue weighted by Gasteiger charge is 2.23. The Kier molecular flexibility index (Phi) is 7.69. The van der Waals surface area contributed by atoms with Gasteiger partial charge in [-0.05, 0) is 33.1 Å². The van der Waals surface area contributed by atoms with Gasteiger partial charge in [0.25, 0.3) is 0 Å². The van der Waals surface area contributed by atoms with Crippen LogP contribution in [0.2, 0.25) is 0 Å². The zero-order valence-electron chi connectivity index (χ0n) is 13.4. The topological polar surface area (TPSA) is 87.3 Å². The standard InChI is InChI=1S/C13H29N3O3S/c1-10(2)7-8-14-12(17)11(3)15-9-13(4,5)16-20(6,18)19/h10-11,15-16H,7-9H2,1-6H3,(H,14,17). The molecule has 0 aliphatic rings. The summed E-state index contributed by atoms with van der Waals surface area (Å²) in [5.74, 6) is 0.484. The normalized spacial score (nSPS) is 14.3. The number of hydrogen-bond donors (Lipinski definition) is 3. The van der Waals surface area contributed by atoms with Crippen molar-refractivity contribution < 1.29 is 13.2 Å². The minimum absolute atomic E-state index is 0.0687. The average Bonchev–Trinajstić information content (AvgIpc) is 2.22. The molecule has 3 N–H and O–H groups in total. The van der Waals surface area contributed by atoms with Gasteiger partial charge in [0.2, 0.25) is 15.9 Å². The van der Waals surface area contributed by atoms with Crippen molar-refractivity contribution in [2.75, 3.05) is 19.3 Å². The van der Waals surface area contributed by atoms with Gasteiger partial charge in [0.15, 0.2) is 0 Å². The highest BCUT2D eigenvalue weighted by Crippen LogP contribution is 2.02. The van der Waals surface area contributed by atoms with Crippen molar-refractivity contribution in [2.45, 2.75) is 52.6 Å². The summed E-state index contributed by atoms with van der Waals surface area (Å²) in [5, 5.41) is 5.90. The lowest BCUT2D eigenvalue weighted by Gasteiger charge is -2.27. The van der Waals surface area contributed by atoms with Crippen molar-refractivity contribution in [1.29, 1.82) is 0 Å². The van der Waals surface area contributed by atoms with E-state index in [9.17, 15) is 13.2 Å². The molecule has 0 spiro atoms. The van der Waals surface area contributed by atoms with Gasteiger partial charge in [-0.2, -0.15) is 0 Å². The lowest BCUT2D eigenvalue weighted by molar-refractivity contribution is -0.122. The molecule has 1 unspecified atom stereocenters. The SMILES string of the molecule is CC(C)CCNC(=O)C(C)NCC(C)(C)NS(C)(=O)=O. The first kappa shape index (κ1) is 19.3. The molecule has 0 aromatic rings. The summed E-state index contributed by atoms with van der Waals surface area (Å²) in [6, 6.07) is -0.359. The van der Waals surface area contributed by atoms with E-state index in [4.69, 9.17) is 0 Å². The van der Waals surface area contributed by atoms with E-state index < -0.39 is 15.6 Å². The number of carbonyl (C=O) groups is 1. The highest BCUT2D eigenvalue weighted by atomic mass is 32.2. The quantitative estimate of drug-likeness (QED) is 0.577. The van der Waals surface area contributed by atoms with Crippen LogP contribution in [-0.4, -0.2) is 45.3 Å². The van der Waals surface area contributed by atoms with Crippen LogP contribution >= 0.6 is 0 Å². The third-order valence-corrected chi connectivity index (χ3v) is 3.65. The van der Waals surface area contributed by atoms with Gasteiger partial charge in [-0.25, -0.2) is 13.1 Å². The minimum Gasteiger partial charge on any atom is -0.355 e. The van der Waals surface area contributed by atoms with Gasteiger partial charge in [0.05, 0.1) is 12.3 Å². The van der Waals surface area contributed by atoms with Crippen LogP contribution in [0.25, 0.3) is 0 Å². The summed E-state index contributed by atoms with van der Waals surface area (Å²) in [7, 11) is -3.26. The van der Waals surface area contributed by atoms with E-state index in [0.29, 0.717) is 19.0 Å². The molecule has 0 aliphatic carbocycles. The molecule has 0 rings (SSSR count). The number of nitrogens with one attached hydrogen (secondary N) is 3. The fourth-order valence-electron chi connectivity index (χ4n) is 1.68. The molecule has 7 heteroatoms. The number of amides is 1. The third kappa shape index (κ3) is 10.2. The van der Waals surface area contributed by atoms with Crippen LogP contribution in [0.1, 0.15) is 41.0 Å². The molecule has 0 saturated carbocycles. The zero-order chi connectivity index (χ0) is 16.0. The van der Waals surface area contributed by atoms with E-state index in [0.717, 1.165) is 12.7 Å². The maximum Gasteiger partial charge on any atom is 0.236 e. The maximum atomic E-state index is 11.8. The maximum absolute atomic E-state index is 11.8. The van der Waals surface area contributed by atoms with Gasteiger partial charge in [0, 0.05) is 18.6 Å².